The monoisotopic (exact) mass is 289 g/mol. The van der Waals surface area contributed by atoms with Crippen LogP contribution in [-0.4, -0.2) is 29.3 Å². The lowest BCUT2D eigenvalue weighted by Crippen LogP contribution is -2.24. The predicted molar refractivity (Wildman–Crippen MR) is 82.7 cm³/mol. The van der Waals surface area contributed by atoms with Crippen molar-refractivity contribution in [1.29, 1.82) is 0 Å². The zero-order valence-corrected chi connectivity index (χ0v) is 12.7. The highest BCUT2D eigenvalue weighted by atomic mass is 16.5. The predicted octanol–water partition coefficient (Wildman–Crippen LogP) is 2.25. The van der Waals surface area contributed by atoms with E-state index in [1.165, 1.54) is 0 Å². The summed E-state index contributed by atoms with van der Waals surface area (Å²) in [5.74, 6) is 2.51. The standard InChI is InChI=1S/C16H23N3O2/c1-3-13(17)12-16-18-8-9-19(16)10-11-21-15-7-5-4-6-14(15)20-2/h4-9,13H,3,10-12,17H2,1-2H3. The molecule has 0 bridgehead atoms. The van der Waals surface area contributed by atoms with E-state index in [2.05, 4.69) is 16.5 Å². The van der Waals surface area contributed by atoms with Gasteiger partial charge in [-0.2, -0.15) is 0 Å². The molecule has 2 N–H and O–H groups in total. The van der Waals surface area contributed by atoms with Crippen molar-refractivity contribution in [2.75, 3.05) is 13.7 Å². The normalized spacial score (nSPS) is 12.1. The van der Waals surface area contributed by atoms with Gasteiger partial charge in [0.05, 0.1) is 13.7 Å². The van der Waals surface area contributed by atoms with Gasteiger partial charge in [-0.1, -0.05) is 19.1 Å². The third-order valence-corrected chi connectivity index (χ3v) is 3.43. The summed E-state index contributed by atoms with van der Waals surface area (Å²) in [6, 6.07) is 7.80. The molecule has 2 rings (SSSR count). The summed E-state index contributed by atoms with van der Waals surface area (Å²) in [5, 5.41) is 0. The molecular weight excluding hydrogens is 266 g/mol. The molecule has 0 spiro atoms. The molecule has 1 aromatic heterocycles. The molecule has 5 nitrogen and oxygen atoms in total. The fourth-order valence-corrected chi connectivity index (χ4v) is 2.10. The first-order chi connectivity index (χ1) is 10.2. The summed E-state index contributed by atoms with van der Waals surface area (Å²) in [5.41, 5.74) is 5.99. The van der Waals surface area contributed by atoms with Crippen LogP contribution in [0.4, 0.5) is 0 Å². The Morgan fingerprint density at radius 3 is 2.76 bits per heavy atom. The summed E-state index contributed by atoms with van der Waals surface area (Å²) in [6.45, 7) is 3.39. The summed E-state index contributed by atoms with van der Waals surface area (Å²) >= 11 is 0. The average molecular weight is 289 g/mol. The fraction of sp³-hybridized carbons (Fsp3) is 0.438. The number of ether oxygens (including phenoxy) is 2. The number of rotatable bonds is 8. The van der Waals surface area contributed by atoms with Crippen molar-refractivity contribution >= 4 is 0 Å². The molecule has 0 aliphatic carbocycles. The number of methoxy groups -OCH3 is 1. The number of nitrogens with two attached hydrogens (primary N) is 1. The van der Waals surface area contributed by atoms with Crippen LogP contribution in [-0.2, 0) is 13.0 Å². The zero-order valence-electron chi connectivity index (χ0n) is 12.7. The first-order valence-corrected chi connectivity index (χ1v) is 7.26. The van der Waals surface area contributed by atoms with Crippen LogP contribution in [0.25, 0.3) is 0 Å². The molecule has 2 aromatic rings. The van der Waals surface area contributed by atoms with Crippen LogP contribution in [0.5, 0.6) is 11.5 Å². The van der Waals surface area contributed by atoms with E-state index in [0.29, 0.717) is 6.61 Å². The maximum absolute atomic E-state index is 5.99. The van der Waals surface area contributed by atoms with Crippen LogP contribution >= 0.6 is 0 Å². The van der Waals surface area contributed by atoms with Crippen molar-refractivity contribution in [1.82, 2.24) is 9.55 Å². The lowest BCUT2D eigenvalue weighted by Gasteiger charge is -2.13. The van der Waals surface area contributed by atoms with E-state index < -0.39 is 0 Å². The van der Waals surface area contributed by atoms with Crippen LogP contribution in [0.1, 0.15) is 19.2 Å². The molecule has 0 radical (unpaired) electrons. The van der Waals surface area contributed by atoms with E-state index in [4.69, 9.17) is 15.2 Å². The molecule has 0 saturated heterocycles. The Hall–Kier alpha value is -2.01. The van der Waals surface area contributed by atoms with Crippen LogP contribution < -0.4 is 15.2 Å². The van der Waals surface area contributed by atoms with Gasteiger partial charge in [-0.25, -0.2) is 4.98 Å². The Morgan fingerprint density at radius 2 is 2.05 bits per heavy atom. The Balaban J connectivity index is 1.90. The van der Waals surface area contributed by atoms with Gasteiger partial charge in [-0.15, -0.1) is 0 Å². The highest BCUT2D eigenvalue weighted by Gasteiger charge is 2.08. The van der Waals surface area contributed by atoms with Crippen molar-refractivity contribution in [3.63, 3.8) is 0 Å². The number of hydrogen-bond donors (Lipinski definition) is 1. The molecule has 1 aromatic carbocycles. The van der Waals surface area contributed by atoms with Gasteiger partial charge in [0, 0.05) is 24.9 Å². The fourth-order valence-electron chi connectivity index (χ4n) is 2.10. The second kappa shape index (κ2) is 7.69. The summed E-state index contributed by atoms with van der Waals surface area (Å²) in [4.78, 5) is 4.37. The van der Waals surface area contributed by atoms with Crippen molar-refractivity contribution in [2.24, 2.45) is 5.73 Å². The molecule has 0 amide bonds. The van der Waals surface area contributed by atoms with E-state index in [9.17, 15) is 0 Å². The number of para-hydroxylation sites is 2. The summed E-state index contributed by atoms with van der Waals surface area (Å²) in [6.07, 6.45) is 5.51. The van der Waals surface area contributed by atoms with Gasteiger partial charge in [0.1, 0.15) is 12.4 Å². The zero-order chi connectivity index (χ0) is 15.1. The highest BCUT2D eigenvalue weighted by molar-refractivity contribution is 5.39. The van der Waals surface area contributed by atoms with Crippen molar-refractivity contribution in [3.8, 4) is 11.5 Å². The summed E-state index contributed by atoms with van der Waals surface area (Å²) < 4.78 is 13.1. The maximum Gasteiger partial charge on any atom is 0.161 e. The topological polar surface area (TPSA) is 62.3 Å². The molecule has 21 heavy (non-hydrogen) atoms. The molecule has 5 heteroatoms. The van der Waals surface area contributed by atoms with Gasteiger partial charge in [-0.05, 0) is 18.6 Å². The molecule has 1 unspecified atom stereocenters. The number of nitrogens with zero attached hydrogens (tertiary/aromatic N) is 2. The van der Waals surface area contributed by atoms with Crippen molar-refractivity contribution < 1.29 is 9.47 Å². The van der Waals surface area contributed by atoms with Crippen LogP contribution in [0.15, 0.2) is 36.7 Å². The van der Waals surface area contributed by atoms with Crippen LogP contribution in [0, 0.1) is 0 Å². The first-order valence-electron chi connectivity index (χ1n) is 7.26. The molecule has 1 heterocycles. The minimum Gasteiger partial charge on any atom is -0.493 e. The molecule has 0 fully saturated rings. The minimum atomic E-state index is 0.154. The van der Waals surface area contributed by atoms with E-state index in [1.54, 1.807) is 13.3 Å². The SMILES string of the molecule is CCC(N)Cc1nccn1CCOc1ccccc1OC. The highest BCUT2D eigenvalue weighted by Crippen LogP contribution is 2.25. The number of aromatic nitrogens is 2. The molecule has 1 atom stereocenters. The molecule has 114 valence electrons. The quantitative estimate of drug-likeness (QED) is 0.809. The first kappa shape index (κ1) is 15.4. The van der Waals surface area contributed by atoms with Gasteiger partial charge in [0.25, 0.3) is 0 Å². The van der Waals surface area contributed by atoms with Gasteiger partial charge >= 0.3 is 0 Å². The van der Waals surface area contributed by atoms with Crippen LogP contribution in [0.3, 0.4) is 0 Å². The molecule has 0 aliphatic rings. The second-order valence-electron chi connectivity index (χ2n) is 4.91. The van der Waals surface area contributed by atoms with Gasteiger partial charge in [0.2, 0.25) is 0 Å². The smallest absolute Gasteiger partial charge is 0.161 e. The second-order valence-corrected chi connectivity index (χ2v) is 4.91. The molecule has 0 saturated carbocycles. The Kier molecular flexibility index (Phi) is 5.63. The lowest BCUT2D eigenvalue weighted by atomic mass is 10.1. The van der Waals surface area contributed by atoms with E-state index in [-0.39, 0.29) is 6.04 Å². The van der Waals surface area contributed by atoms with Crippen LogP contribution in [0.2, 0.25) is 0 Å². The number of imidazole rings is 1. The van der Waals surface area contributed by atoms with Crippen molar-refractivity contribution in [3.05, 3.63) is 42.5 Å². The Labute approximate surface area is 125 Å². The van der Waals surface area contributed by atoms with Gasteiger partial charge in [0.15, 0.2) is 11.5 Å². The maximum atomic E-state index is 5.99. The molecular formula is C16H23N3O2. The minimum absolute atomic E-state index is 0.154. The Bertz CT molecular complexity index is 554. The number of hydrogen-bond acceptors (Lipinski definition) is 4. The number of benzene rings is 1. The van der Waals surface area contributed by atoms with Gasteiger partial charge in [-0.3, -0.25) is 0 Å². The third kappa shape index (κ3) is 4.23. The van der Waals surface area contributed by atoms with Crippen molar-refractivity contribution in [2.45, 2.75) is 32.4 Å². The van der Waals surface area contributed by atoms with Gasteiger partial charge < -0.3 is 19.8 Å². The lowest BCUT2D eigenvalue weighted by molar-refractivity contribution is 0.278. The van der Waals surface area contributed by atoms with E-state index >= 15 is 0 Å². The largest absolute Gasteiger partial charge is 0.493 e. The average Bonchev–Trinajstić information content (AvgIpc) is 2.95. The summed E-state index contributed by atoms with van der Waals surface area (Å²) in [7, 11) is 1.64. The van der Waals surface area contributed by atoms with E-state index in [1.807, 2.05) is 30.5 Å². The van der Waals surface area contributed by atoms with E-state index in [0.717, 1.165) is 36.7 Å². The third-order valence-electron chi connectivity index (χ3n) is 3.43. The molecule has 0 aliphatic heterocycles. The Morgan fingerprint density at radius 1 is 1.29 bits per heavy atom.